The number of oxazole rings is 1. The van der Waals surface area contributed by atoms with Crippen LogP contribution in [0.15, 0.2) is 33.7 Å². The molecule has 0 bridgehead atoms. The highest BCUT2D eigenvalue weighted by molar-refractivity contribution is 6.30. The van der Waals surface area contributed by atoms with Crippen molar-refractivity contribution in [2.24, 2.45) is 4.99 Å². The average molecular weight is 307 g/mol. The van der Waals surface area contributed by atoms with E-state index in [1.807, 2.05) is 38.1 Å². The Morgan fingerprint density at radius 3 is 2.43 bits per heavy atom. The van der Waals surface area contributed by atoms with Gasteiger partial charge in [0, 0.05) is 18.6 Å². The van der Waals surface area contributed by atoms with E-state index in [1.165, 1.54) is 0 Å². The maximum Gasteiger partial charge on any atom is 0.214 e. The van der Waals surface area contributed by atoms with E-state index in [-0.39, 0.29) is 0 Å². The summed E-state index contributed by atoms with van der Waals surface area (Å²) in [6, 6.07) is 7.69. The molecule has 2 rings (SSSR count). The van der Waals surface area contributed by atoms with Crippen LogP contribution in [0.25, 0.3) is 0 Å². The number of nitrogens with one attached hydrogen (secondary N) is 2. The summed E-state index contributed by atoms with van der Waals surface area (Å²) in [5.41, 5.74) is 2.04. The Morgan fingerprint density at radius 1 is 1.19 bits per heavy atom. The highest BCUT2D eigenvalue weighted by Gasteiger charge is 2.06. The first-order valence-electron chi connectivity index (χ1n) is 6.70. The largest absolute Gasteiger partial charge is 0.444 e. The van der Waals surface area contributed by atoms with Crippen LogP contribution in [-0.2, 0) is 13.1 Å². The van der Waals surface area contributed by atoms with Crippen LogP contribution in [0, 0.1) is 13.8 Å². The molecule has 0 aliphatic rings. The highest BCUT2D eigenvalue weighted by atomic mass is 35.5. The summed E-state index contributed by atoms with van der Waals surface area (Å²) in [6.07, 6.45) is 0. The first kappa shape index (κ1) is 15.4. The van der Waals surface area contributed by atoms with E-state index >= 15 is 0 Å². The van der Waals surface area contributed by atoms with Gasteiger partial charge in [-0.15, -0.1) is 0 Å². The van der Waals surface area contributed by atoms with Gasteiger partial charge in [0.25, 0.3) is 0 Å². The second-order valence-corrected chi connectivity index (χ2v) is 5.09. The van der Waals surface area contributed by atoms with E-state index in [1.54, 1.807) is 7.05 Å². The van der Waals surface area contributed by atoms with Gasteiger partial charge in [-0.2, -0.15) is 0 Å². The molecule has 2 aromatic rings. The second-order valence-electron chi connectivity index (χ2n) is 4.65. The lowest BCUT2D eigenvalue weighted by Crippen LogP contribution is -2.36. The molecule has 0 fully saturated rings. The molecule has 0 unspecified atom stereocenters. The summed E-state index contributed by atoms with van der Waals surface area (Å²) in [4.78, 5) is 8.48. The van der Waals surface area contributed by atoms with Crippen molar-refractivity contribution in [3.63, 3.8) is 0 Å². The van der Waals surface area contributed by atoms with Crippen molar-refractivity contribution in [2.45, 2.75) is 26.9 Å². The van der Waals surface area contributed by atoms with Crippen molar-refractivity contribution in [1.29, 1.82) is 0 Å². The number of hydrogen-bond donors (Lipinski definition) is 2. The molecule has 0 saturated carbocycles. The fourth-order valence-electron chi connectivity index (χ4n) is 1.78. The molecule has 0 radical (unpaired) electrons. The molecule has 0 amide bonds. The van der Waals surface area contributed by atoms with Crippen molar-refractivity contribution in [3.8, 4) is 0 Å². The van der Waals surface area contributed by atoms with Crippen molar-refractivity contribution in [3.05, 3.63) is 52.2 Å². The van der Waals surface area contributed by atoms with Crippen molar-refractivity contribution < 1.29 is 4.42 Å². The first-order chi connectivity index (χ1) is 10.1. The molecule has 21 heavy (non-hydrogen) atoms. The normalized spacial score (nSPS) is 11.5. The van der Waals surface area contributed by atoms with E-state index in [2.05, 4.69) is 20.6 Å². The summed E-state index contributed by atoms with van der Waals surface area (Å²) in [5, 5.41) is 7.12. The quantitative estimate of drug-likeness (QED) is 0.673. The monoisotopic (exact) mass is 306 g/mol. The van der Waals surface area contributed by atoms with Gasteiger partial charge in [-0.3, -0.25) is 4.99 Å². The Labute approximate surface area is 129 Å². The summed E-state index contributed by atoms with van der Waals surface area (Å²) in [5.74, 6) is 2.19. The Bertz CT molecular complexity index is 600. The number of aliphatic imine (C=N–C) groups is 1. The van der Waals surface area contributed by atoms with Crippen LogP contribution >= 0.6 is 11.6 Å². The summed E-state index contributed by atoms with van der Waals surface area (Å²) in [7, 11) is 1.73. The summed E-state index contributed by atoms with van der Waals surface area (Å²) in [6.45, 7) is 4.99. The fraction of sp³-hybridized carbons (Fsp3) is 0.333. The predicted molar refractivity (Wildman–Crippen MR) is 84.5 cm³/mol. The van der Waals surface area contributed by atoms with Gasteiger partial charge in [-0.25, -0.2) is 4.98 Å². The summed E-state index contributed by atoms with van der Waals surface area (Å²) >= 11 is 5.86. The third-order valence-electron chi connectivity index (χ3n) is 3.08. The molecule has 6 heteroatoms. The Hall–Kier alpha value is -2.01. The zero-order valence-electron chi connectivity index (χ0n) is 12.4. The van der Waals surface area contributed by atoms with E-state index in [4.69, 9.17) is 16.0 Å². The fourth-order valence-corrected chi connectivity index (χ4v) is 1.91. The van der Waals surface area contributed by atoms with Gasteiger partial charge in [0.15, 0.2) is 5.96 Å². The Balaban J connectivity index is 1.84. The average Bonchev–Trinajstić information content (AvgIpc) is 2.80. The zero-order valence-corrected chi connectivity index (χ0v) is 13.2. The highest BCUT2D eigenvalue weighted by Crippen LogP contribution is 2.09. The minimum atomic E-state index is 0.495. The van der Waals surface area contributed by atoms with Gasteiger partial charge in [0.2, 0.25) is 5.89 Å². The lowest BCUT2D eigenvalue weighted by molar-refractivity contribution is 0.463. The second kappa shape index (κ2) is 7.13. The Kier molecular flexibility index (Phi) is 5.22. The van der Waals surface area contributed by atoms with Gasteiger partial charge in [0.1, 0.15) is 5.76 Å². The summed E-state index contributed by atoms with van der Waals surface area (Å²) < 4.78 is 5.51. The van der Waals surface area contributed by atoms with Crippen LogP contribution in [0.4, 0.5) is 0 Å². The molecule has 0 spiro atoms. The van der Waals surface area contributed by atoms with Crippen LogP contribution in [0.1, 0.15) is 22.9 Å². The number of guanidine groups is 1. The van der Waals surface area contributed by atoms with Gasteiger partial charge in [0.05, 0.1) is 12.2 Å². The third kappa shape index (κ3) is 4.49. The van der Waals surface area contributed by atoms with Crippen LogP contribution in [-0.4, -0.2) is 18.0 Å². The molecule has 0 saturated heterocycles. The van der Waals surface area contributed by atoms with E-state index in [9.17, 15) is 0 Å². The molecular formula is C15H19ClN4O. The van der Waals surface area contributed by atoms with Gasteiger partial charge in [-0.1, -0.05) is 23.7 Å². The standard InChI is InChI=1S/C15H19ClN4O/c1-10-11(2)21-14(20-10)9-19-15(17-3)18-8-12-4-6-13(16)7-5-12/h4-7H,8-9H2,1-3H3,(H2,17,18,19). The molecule has 0 atom stereocenters. The van der Waals surface area contributed by atoms with Crippen molar-refractivity contribution >= 4 is 17.6 Å². The molecule has 1 aromatic carbocycles. The third-order valence-corrected chi connectivity index (χ3v) is 3.33. The van der Waals surface area contributed by atoms with Crippen molar-refractivity contribution in [2.75, 3.05) is 7.05 Å². The maximum atomic E-state index is 5.86. The SMILES string of the molecule is CN=C(NCc1ccc(Cl)cc1)NCc1nc(C)c(C)o1. The molecule has 1 heterocycles. The van der Waals surface area contributed by atoms with E-state index < -0.39 is 0 Å². The lowest BCUT2D eigenvalue weighted by Gasteiger charge is -2.10. The van der Waals surface area contributed by atoms with Crippen LogP contribution < -0.4 is 10.6 Å². The lowest BCUT2D eigenvalue weighted by atomic mass is 10.2. The number of nitrogens with zero attached hydrogens (tertiary/aromatic N) is 2. The number of hydrogen-bond acceptors (Lipinski definition) is 3. The van der Waals surface area contributed by atoms with E-state index in [0.717, 1.165) is 22.0 Å². The number of halogens is 1. The molecular weight excluding hydrogens is 288 g/mol. The van der Waals surface area contributed by atoms with E-state index in [0.29, 0.717) is 24.9 Å². The Morgan fingerprint density at radius 2 is 1.86 bits per heavy atom. The molecule has 0 aliphatic carbocycles. The molecule has 2 N–H and O–H groups in total. The minimum absolute atomic E-state index is 0.495. The van der Waals surface area contributed by atoms with Gasteiger partial charge in [-0.05, 0) is 31.5 Å². The minimum Gasteiger partial charge on any atom is -0.444 e. The maximum absolute atomic E-state index is 5.86. The number of rotatable bonds is 4. The predicted octanol–water partition coefficient (Wildman–Crippen LogP) is 2.81. The number of aromatic nitrogens is 1. The first-order valence-corrected chi connectivity index (χ1v) is 7.08. The topological polar surface area (TPSA) is 62.5 Å². The van der Waals surface area contributed by atoms with Crippen LogP contribution in [0.2, 0.25) is 5.02 Å². The van der Waals surface area contributed by atoms with Gasteiger partial charge < -0.3 is 15.1 Å². The van der Waals surface area contributed by atoms with Crippen LogP contribution in [0.5, 0.6) is 0 Å². The molecule has 0 aliphatic heterocycles. The smallest absolute Gasteiger partial charge is 0.214 e. The number of aryl methyl sites for hydroxylation is 2. The number of benzene rings is 1. The van der Waals surface area contributed by atoms with Gasteiger partial charge >= 0.3 is 0 Å². The molecule has 5 nitrogen and oxygen atoms in total. The van der Waals surface area contributed by atoms with Crippen molar-refractivity contribution in [1.82, 2.24) is 15.6 Å². The van der Waals surface area contributed by atoms with Crippen LogP contribution in [0.3, 0.4) is 0 Å². The zero-order chi connectivity index (χ0) is 15.2. The molecule has 1 aromatic heterocycles. The molecule has 112 valence electrons.